The highest BCUT2D eigenvalue weighted by atomic mass is 16.4. The number of nitrogens with two attached hydrogens (primary N) is 1. The fraction of sp³-hybridized carbons (Fsp3) is 0.385. The monoisotopic (exact) mass is 248 g/mol. The van der Waals surface area contributed by atoms with E-state index in [4.69, 9.17) is 5.73 Å². The Morgan fingerprint density at radius 3 is 2.50 bits per heavy atom. The second-order valence-corrected chi connectivity index (χ2v) is 4.82. The first kappa shape index (κ1) is 12.4. The van der Waals surface area contributed by atoms with E-state index in [1.807, 2.05) is 0 Å². The third kappa shape index (κ3) is 2.16. The molecule has 1 atom stereocenters. The normalized spacial score (nSPS) is 17.8. The average Bonchev–Trinajstić information content (AvgIpc) is 3.13. The largest absolute Gasteiger partial charge is 0.480 e. The van der Waals surface area contributed by atoms with Crippen LogP contribution >= 0.6 is 0 Å². The molecule has 4 N–H and O–H groups in total. The standard InChI is InChI=1S/C13H16N2O3/c1-13(12(17)18,8-6-7-8)15-10-5-3-2-4-9(10)11(14)16/h2-5,8,15H,6-7H2,1H3,(H2,14,16)(H,17,18). The molecule has 1 amide bonds. The molecule has 18 heavy (non-hydrogen) atoms. The summed E-state index contributed by atoms with van der Waals surface area (Å²) in [6.07, 6.45) is 1.77. The van der Waals surface area contributed by atoms with E-state index in [-0.39, 0.29) is 5.92 Å². The van der Waals surface area contributed by atoms with Crippen molar-refractivity contribution in [3.05, 3.63) is 29.8 Å². The molecule has 0 bridgehead atoms. The Balaban J connectivity index is 2.32. The second-order valence-electron chi connectivity index (χ2n) is 4.82. The number of hydrogen-bond acceptors (Lipinski definition) is 3. The van der Waals surface area contributed by atoms with Gasteiger partial charge in [0.25, 0.3) is 5.91 Å². The summed E-state index contributed by atoms with van der Waals surface area (Å²) in [5.74, 6) is -1.39. The number of carboxylic acid groups (broad SMARTS) is 1. The van der Waals surface area contributed by atoms with Crippen molar-refractivity contribution < 1.29 is 14.7 Å². The van der Waals surface area contributed by atoms with Crippen LogP contribution in [-0.4, -0.2) is 22.5 Å². The fourth-order valence-corrected chi connectivity index (χ4v) is 2.08. The van der Waals surface area contributed by atoms with E-state index in [1.165, 1.54) is 0 Å². The van der Waals surface area contributed by atoms with Crippen LogP contribution in [0.4, 0.5) is 5.69 Å². The Kier molecular flexibility index (Phi) is 2.98. The van der Waals surface area contributed by atoms with Crippen LogP contribution in [0.1, 0.15) is 30.1 Å². The van der Waals surface area contributed by atoms with E-state index in [0.717, 1.165) is 12.8 Å². The number of carbonyl (C=O) groups excluding carboxylic acids is 1. The number of hydrogen-bond donors (Lipinski definition) is 3. The molecule has 5 nitrogen and oxygen atoms in total. The van der Waals surface area contributed by atoms with Gasteiger partial charge in [0.2, 0.25) is 0 Å². The smallest absolute Gasteiger partial charge is 0.329 e. The van der Waals surface area contributed by atoms with Crippen molar-refractivity contribution in [2.45, 2.75) is 25.3 Å². The van der Waals surface area contributed by atoms with Gasteiger partial charge >= 0.3 is 5.97 Å². The quantitative estimate of drug-likeness (QED) is 0.735. The highest BCUT2D eigenvalue weighted by Gasteiger charge is 2.47. The lowest BCUT2D eigenvalue weighted by molar-refractivity contribution is -0.142. The van der Waals surface area contributed by atoms with Crippen molar-refractivity contribution >= 4 is 17.6 Å². The fourth-order valence-electron chi connectivity index (χ4n) is 2.08. The Labute approximate surface area is 105 Å². The molecule has 5 heteroatoms. The number of para-hydroxylation sites is 1. The highest BCUT2D eigenvalue weighted by Crippen LogP contribution is 2.42. The lowest BCUT2D eigenvalue weighted by Crippen LogP contribution is -2.46. The molecule has 0 spiro atoms. The third-order valence-electron chi connectivity index (χ3n) is 3.42. The number of rotatable bonds is 5. The van der Waals surface area contributed by atoms with Crippen LogP contribution in [0.5, 0.6) is 0 Å². The number of nitrogens with one attached hydrogen (secondary N) is 1. The molecule has 0 saturated heterocycles. The molecule has 96 valence electrons. The Morgan fingerprint density at radius 2 is 2.00 bits per heavy atom. The van der Waals surface area contributed by atoms with E-state index in [1.54, 1.807) is 31.2 Å². The first-order chi connectivity index (χ1) is 8.45. The summed E-state index contributed by atoms with van der Waals surface area (Å²) in [4.78, 5) is 22.7. The first-order valence-corrected chi connectivity index (χ1v) is 5.85. The van der Waals surface area contributed by atoms with Crippen molar-refractivity contribution in [2.75, 3.05) is 5.32 Å². The average molecular weight is 248 g/mol. The highest BCUT2D eigenvalue weighted by molar-refractivity contribution is 5.99. The van der Waals surface area contributed by atoms with E-state index >= 15 is 0 Å². The summed E-state index contributed by atoms with van der Waals surface area (Å²) in [6.45, 7) is 1.64. The lowest BCUT2D eigenvalue weighted by Gasteiger charge is -2.28. The van der Waals surface area contributed by atoms with E-state index in [9.17, 15) is 14.7 Å². The number of carboxylic acids is 1. The summed E-state index contributed by atoms with van der Waals surface area (Å²) >= 11 is 0. The number of carbonyl (C=O) groups is 2. The molecular weight excluding hydrogens is 232 g/mol. The van der Waals surface area contributed by atoms with E-state index in [2.05, 4.69) is 5.32 Å². The van der Waals surface area contributed by atoms with Gasteiger partial charge in [-0.3, -0.25) is 4.79 Å². The maximum Gasteiger partial charge on any atom is 0.329 e. The topological polar surface area (TPSA) is 92.4 Å². The molecule has 1 fully saturated rings. The molecule has 1 aromatic rings. The zero-order chi connectivity index (χ0) is 13.3. The molecule has 1 aliphatic carbocycles. The van der Waals surface area contributed by atoms with Gasteiger partial charge in [-0.25, -0.2) is 4.79 Å². The summed E-state index contributed by atoms with van der Waals surface area (Å²) in [6, 6.07) is 6.69. The van der Waals surface area contributed by atoms with Gasteiger partial charge in [-0.05, 0) is 37.8 Å². The maximum absolute atomic E-state index is 11.4. The minimum atomic E-state index is -1.05. The minimum Gasteiger partial charge on any atom is -0.480 e. The summed E-state index contributed by atoms with van der Waals surface area (Å²) in [5.41, 5.74) is 5.01. The van der Waals surface area contributed by atoms with Crippen LogP contribution < -0.4 is 11.1 Å². The molecule has 1 aliphatic rings. The molecule has 0 heterocycles. The van der Waals surface area contributed by atoms with Gasteiger partial charge in [-0.1, -0.05) is 12.1 Å². The Hall–Kier alpha value is -2.04. The zero-order valence-electron chi connectivity index (χ0n) is 10.1. The number of amides is 1. The predicted molar refractivity (Wildman–Crippen MR) is 67.3 cm³/mol. The van der Waals surface area contributed by atoms with Crippen molar-refractivity contribution in [2.24, 2.45) is 11.7 Å². The van der Waals surface area contributed by atoms with Gasteiger partial charge in [0, 0.05) is 5.69 Å². The van der Waals surface area contributed by atoms with Crippen LogP contribution in [0, 0.1) is 5.92 Å². The van der Waals surface area contributed by atoms with Gasteiger partial charge in [-0.15, -0.1) is 0 Å². The van der Waals surface area contributed by atoms with Crippen LogP contribution in [0.3, 0.4) is 0 Å². The number of benzene rings is 1. The maximum atomic E-state index is 11.4. The molecular formula is C13H16N2O3. The molecule has 1 unspecified atom stereocenters. The van der Waals surface area contributed by atoms with Gasteiger partial charge in [-0.2, -0.15) is 0 Å². The van der Waals surface area contributed by atoms with Crippen LogP contribution in [0.25, 0.3) is 0 Å². The van der Waals surface area contributed by atoms with Gasteiger partial charge < -0.3 is 16.2 Å². The summed E-state index contributed by atoms with van der Waals surface area (Å²) < 4.78 is 0. The summed E-state index contributed by atoms with van der Waals surface area (Å²) in [7, 11) is 0. The lowest BCUT2D eigenvalue weighted by atomic mass is 9.95. The van der Waals surface area contributed by atoms with Crippen molar-refractivity contribution in [3.8, 4) is 0 Å². The number of anilines is 1. The van der Waals surface area contributed by atoms with Crippen molar-refractivity contribution in [3.63, 3.8) is 0 Å². The number of primary amides is 1. The SMILES string of the molecule is CC(Nc1ccccc1C(N)=O)(C(=O)O)C1CC1. The van der Waals surface area contributed by atoms with Gasteiger partial charge in [0.1, 0.15) is 5.54 Å². The first-order valence-electron chi connectivity index (χ1n) is 5.85. The zero-order valence-corrected chi connectivity index (χ0v) is 10.1. The van der Waals surface area contributed by atoms with Crippen LogP contribution in [0.15, 0.2) is 24.3 Å². The molecule has 1 saturated carbocycles. The van der Waals surface area contributed by atoms with E-state index in [0.29, 0.717) is 11.3 Å². The summed E-state index contributed by atoms with van der Waals surface area (Å²) in [5, 5.41) is 12.3. The molecule has 2 rings (SSSR count). The van der Waals surface area contributed by atoms with E-state index < -0.39 is 17.4 Å². The Morgan fingerprint density at radius 1 is 1.39 bits per heavy atom. The van der Waals surface area contributed by atoms with Crippen LogP contribution in [-0.2, 0) is 4.79 Å². The molecule has 0 radical (unpaired) electrons. The minimum absolute atomic E-state index is 0.0935. The molecule has 0 aromatic heterocycles. The molecule has 0 aliphatic heterocycles. The Bertz CT molecular complexity index is 497. The third-order valence-corrected chi connectivity index (χ3v) is 3.42. The second kappa shape index (κ2) is 4.33. The predicted octanol–water partition coefficient (Wildman–Crippen LogP) is 1.45. The van der Waals surface area contributed by atoms with Crippen molar-refractivity contribution in [1.82, 2.24) is 0 Å². The molecule has 1 aromatic carbocycles. The van der Waals surface area contributed by atoms with Gasteiger partial charge in [0.15, 0.2) is 0 Å². The van der Waals surface area contributed by atoms with Crippen molar-refractivity contribution in [1.29, 1.82) is 0 Å². The number of aliphatic carboxylic acids is 1. The van der Waals surface area contributed by atoms with Crippen LogP contribution in [0.2, 0.25) is 0 Å². The van der Waals surface area contributed by atoms with Gasteiger partial charge in [0.05, 0.1) is 5.56 Å².